The third kappa shape index (κ3) is 11.2. The summed E-state index contributed by atoms with van der Waals surface area (Å²) in [4.78, 5) is 24.4. The van der Waals surface area contributed by atoms with Crippen molar-refractivity contribution in [3.8, 4) is 11.1 Å². The second-order valence-corrected chi connectivity index (χ2v) is 12.7. The van der Waals surface area contributed by atoms with Crippen molar-refractivity contribution in [1.82, 2.24) is 0 Å². The predicted octanol–water partition coefficient (Wildman–Crippen LogP) is 7.86. The van der Waals surface area contributed by atoms with Crippen LogP contribution in [0.25, 0.3) is 11.1 Å². The molecule has 0 heterocycles. The maximum atomic E-state index is 15.3. The summed E-state index contributed by atoms with van der Waals surface area (Å²) in [5.74, 6) is -0.741. The first-order valence-corrected chi connectivity index (χ1v) is 16.5. The van der Waals surface area contributed by atoms with Crippen LogP contribution in [0, 0.1) is 17.7 Å². The smallest absolute Gasteiger partial charge is 0.336 e. The molecule has 2 unspecified atom stereocenters. The van der Waals surface area contributed by atoms with Gasteiger partial charge in [-0.15, -0.1) is 0 Å². The molecule has 1 aliphatic carbocycles. The molecule has 6 nitrogen and oxygen atoms in total. The number of aliphatic hydroxyl groups excluding tert-OH is 2. The molecular weight excluding hydrogens is 571 g/mol. The fourth-order valence-electron chi connectivity index (χ4n) is 5.84. The van der Waals surface area contributed by atoms with E-state index in [9.17, 15) is 19.8 Å². The summed E-state index contributed by atoms with van der Waals surface area (Å²) >= 11 is 0. The van der Waals surface area contributed by atoms with Crippen molar-refractivity contribution < 1.29 is 33.7 Å². The Hall–Kier alpha value is -3.29. The average Bonchev–Trinajstić information content (AvgIpc) is 3.04. The summed E-state index contributed by atoms with van der Waals surface area (Å²) in [6, 6.07) is 13.4. The number of esters is 2. The molecule has 1 fully saturated rings. The van der Waals surface area contributed by atoms with Crippen molar-refractivity contribution in [2.45, 2.75) is 103 Å². The Morgan fingerprint density at radius 2 is 1.47 bits per heavy atom. The van der Waals surface area contributed by atoms with E-state index in [0.29, 0.717) is 24.3 Å². The second kappa shape index (κ2) is 18.0. The first kappa shape index (κ1) is 36.2. The molecular formula is C38H51FO6. The molecule has 2 atom stereocenters. The van der Waals surface area contributed by atoms with Crippen LogP contribution in [0.5, 0.6) is 0 Å². The number of carbonyl (C=O) groups excluding carboxylic acids is 2. The van der Waals surface area contributed by atoms with Gasteiger partial charge in [0.25, 0.3) is 0 Å². The number of rotatable bonds is 17. The van der Waals surface area contributed by atoms with E-state index in [-0.39, 0.29) is 36.1 Å². The number of benzene rings is 2. The maximum absolute atomic E-state index is 15.3. The molecule has 2 aromatic rings. The van der Waals surface area contributed by atoms with Crippen molar-refractivity contribution in [3.63, 3.8) is 0 Å². The SMILES string of the molecule is C=C(C(=O)OCC(CCc1ccc(-c2ccc(C3CCC(CCCCC)CC3)cc2F)cc1)COC(=O)C(=C)C(C)O)C(C)O. The van der Waals surface area contributed by atoms with Crippen LogP contribution in [-0.2, 0) is 25.5 Å². The molecule has 0 spiro atoms. The lowest BCUT2D eigenvalue weighted by Crippen LogP contribution is -2.25. The van der Waals surface area contributed by atoms with Crippen LogP contribution in [0.15, 0.2) is 66.8 Å². The number of aliphatic hydroxyl groups is 2. The molecule has 45 heavy (non-hydrogen) atoms. The van der Waals surface area contributed by atoms with Gasteiger partial charge in [0.1, 0.15) is 5.82 Å². The first-order valence-electron chi connectivity index (χ1n) is 16.5. The summed E-state index contributed by atoms with van der Waals surface area (Å²) in [5, 5.41) is 19.2. The van der Waals surface area contributed by atoms with Gasteiger partial charge in [-0.05, 0) is 87.0 Å². The van der Waals surface area contributed by atoms with Gasteiger partial charge in [-0.1, -0.05) is 82.2 Å². The highest BCUT2D eigenvalue weighted by molar-refractivity contribution is 5.89. The van der Waals surface area contributed by atoms with E-state index in [2.05, 4.69) is 26.1 Å². The molecule has 0 aliphatic heterocycles. The van der Waals surface area contributed by atoms with Crippen molar-refractivity contribution in [3.05, 3.63) is 83.7 Å². The number of hydrogen-bond donors (Lipinski definition) is 2. The second-order valence-electron chi connectivity index (χ2n) is 12.7. The zero-order chi connectivity index (χ0) is 32.9. The van der Waals surface area contributed by atoms with E-state index in [1.807, 2.05) is 30.3 Å². The van der Waals surface area contributed by atoms with Crippen molar-refractivity contribution >= 4 is 11.9 Å². The molecule has 0 radical (unpaired) electrons. The van der Waals surface area contributed by atoms with Gasteiger partial charge in [0, 0.05) is 11.5 Å². The lowest BCUT2D eigenvalue weighted by molar-refractivity contribution is -0.145. The third-order valence-corrected chi connectivity index (χ3v) is 9.07. The normalized spacial score (nSPS) is 18.4. The van der Waals surface area contributed by atoms with Gasteiger partial charge in [0.05, 0.1) is 36.6 Å². The van der Waals surface area contributed by atoms with Gasteiger partial charge in [0.2, 0.25) is 0 Å². The van der Waals surface area contributed by atoms with E-state index in [1.54, 1.807) is 6.07 Å². The highest BCUT2D eigenvalue weighted by Crippen LogP contribution is 2.39. The van der Waals surface area contributed by atoms with Crippen molar-refractivity contribution in [2.75, 3.05) is 13.2 Å². The van der Waals surface area contributed by atoms with Crippen LogP contribution in [0.1, 0.15) is 95.6 Å². The Morgan fingerprint density at radius 3 is 1.98 bits per heavy atom. The lowest BCUT2D eigenvalue weighted by atomic mass is 9.77. The molecule has 2 N–H and O–H groups in total. The van der Waals surface area contributed by atoms with Crippen LogP contribution in [0.4, 0.5) is 4.39 Å². The van der Waals surface area contributed by atoms with E-state index < -0.39 is 24.1 Å². The Bertz CT molecular complexity index is 1240. The minimum Gasteiger partial charge on any atom is -0.462 e. The summed E-state index contributed by atoms with van der Waals surface area (Å²) in [5.41, 5.74) is 3.35. The molecule has 7 heteroatoms. The Balaban J connectivity index is 1.59. The monoisotopic (exact) mass is 622 g/mol. The number of aryl methyl sites for hydroxylation is 1. The summed E-state index contributed by atoms with van der Waals surface area (Å²) < 4.78 is 26.0. The highest BCUT2D eigenvalue weighted by Gasteiger charge is 2.23. The van der Waals surface area contributed by atoms with Gasteiger partial charge in [0.15, 0.2) is 0 Å². The molecule has 3 rings (SSSR count). The first-order chi connectivity index (χ1) is 21.5. The summed E-state index contributed by atoms with van der Waals surface area (Å²) in [7, 11) is 0. The Morgan fingerprint density at radius 1 is 0.889 bits per heavy atom. The molecule has 0 aromatic heterocycles. The fourth-order valence-corrected chi connectivity index (χ4v) is 5.84. The maximum Gasteiger partial charge on any atom is 0.336 e. The van der Waals surface area contributed by atoms with Gasteiger partial charge in [-0.25, -0.2) is 14.0 Å². The van der Waals surface area contributed by atoms with E-state index in [0.717, 1.165) is 35.4 Å². The largest absolute Gasteiger partial charge is 0.462 e. The zero-order valence-corrected chi connectivity index (χ0v) is 27.2. The number of halogens is 1. The van der Waals surface area contributed by atoms with Crippen molar-refractivity contribution in [2.24, 2.45) is 11.8 Å². The van der Waals surface area contributed by atoms with E-state index >= 15 is 4.39 Å². The van der Waals surface area contributed by atoms with Gasteiger partial charge >= 0.3 is 11.9 Å². The molecule has 0 amide bonds. The van der Waals surface area contributed by atoms with Crippen LogP contribution in [-0.4, -0.2) is 47.6 Å². The van der Waals surface area contributed by atoms with Crippen LogP contribution in [0.2, 0.25) is 0 Å². The quantitative estimate of drug-likeness (QED) is 0.106. The number of hydrogen-bond acceptors (Lipinski definition) is 6. The minimum absolute atomic E-state index is 0.0465. The molecule has 0 bridgehead atoms. The molecule has 1 aliphatic rings. The van der Waals surface area contributed by atoms with Gasteiger partial charge < -0.3 is 19.7 Å². The topological polar surface area (TPSA) is 93.1 Å². The Labute approximate surface area is 268 Å². The number of carbonyl (C=O) groups is 2. The predicted molar refractivity (Wildman–Crippen MR) is 176 cm³/mol. The third-order valence-electron chi connectivity index (χ3n) is 9.07. The minimum atomic E-state index is -1.04. The van der Waals surface area contributed by atoms with Crippen LogP contribution >= 0.6 is 0 Å². The van der Waals surface area contributed by atoms with Crippen molar-refractivity contribution in [1.29, 1.82) is 0 Å². The Kier molecular flexibility index (Phi) is 14.5. The fraction of sp³-hybridized carbons (Fsp3) is 0.526. The van der Waals surface area contributed by atoms with E-state index in [4.69, 9.17) is 9.47 Å². The lowest BCUT2D eigenvalue weighted by Gasteiger charge is -2.29. The molecule has 246 valence electrons. The zero-order valence-electron chi connectivity index (χ0n) is 27.2. The molecule has 1 saturated carbocycles. The summed E-state index contributed by atoms with van der Waals surface area (Å²) in [6.45, 7) is 12.1. The summed E-state index contributed by atoms with van der Waals surface area (Å²) in [6.07, 6.45) is 8.99. The van der Waals surface area contributed by atoms with E-state index in [1.165, 1.54) is 52.4 Å². The number of ether oxygens (including phenoxy) is 2. The average molecular weight is 623 g/mol. The molecule has 2 aromatic carbocycles. The number of unbranched alkanes of at least 4 members (excludes halogenated alkanes) is 2. The van der Waals surface area contributed by atoms with Crippen LogP contribution in [0.3, 0.4) is 0 Å². The van der Waals surface area contributed by atoms with Crippen LogP contribution < -0.4 is 0 Å². The van der Waals surface area contributed by atoms with Gasteiger partial charge in [-0.2, -0.15) is 0 Å². The standard InChI is InChI=1S/C38H51FO6/c1-6-7-8-9-29-12-16-32(17-13-29)34-20-21-35(36(39)22-34)33-18-14-30(15-19-33)10-11-31(23-44-37(42)25(2)27(4)40)24-45-38(43)26(3)28(5)41/h14-15,18-22,27-29,31-32,40-41H,2-3,6-13,16-17,23-24H2,1,4-5H3. The van der Waals surface area contributed by atoms with Gasteiger partial charge in [-0.3, -0.25) is 0 Å². The molecule has 0 saturated heterocycles. The highest BCUT2D eigenvalue weighted by atomic mass is 19.1.